The highest BCUT2D eigenvalue weighted by Crippen LogP contribution is 2.23. The van der Waals surface area contributed by atoms with E-state index in [0.29, 0.717) is 13.1 Å². The van der Waals surface area contributed by atoms with Crippen molar-refractivity contribution in [1.82, 2.24) is 15.6 Å². The van der Waals surface area contributed by atoms with Crippen LogP contribution in [-0.2, 0) is 25.9 Å². The van der Waals surface area contributed by atoms with E-state index in [-0.39, 0.29) is 24.0 Å². The average Bonchev–Trinajstić information content (AvgIpc) is 3.18. The summed E-state index contributed by atoms with van der Waals surface area (Å²) in [4.78, 5) is 10.3. The lowest BCUT2D eigenvalue weighted by atomic mass is 10.1. The molecular formula is C18H25IN4S. The van der Waals surface area contributed by atoms with Crippen molar-refractivity contribution in [3.05, 3.63) is 51.0 Å². The molecule has 0 saturated carbocycles. The fourth-order valence-corrected chi connectivity index (χ4v) is 3.60. The SMILES string of the molecule is CCNC(=NCc1ccc2c(c1)CCC2)NCc1ncc(C)s1.I. The summed E-state index contributed by atoms with van der Waals surface area (Å²) >= 11 is 1.72. The number of fused-ring (bicyclic) bond motifs is 1. The summed E-state index contributed by atoms with van der Waals surface area (Å²) in [6.45, 7) is 6.44. The molecule has 0 unspecified atom stereocenters. The van der Waals surface area contributed by atoms with E-state index in [1.165, 1.54) is 40.8 Å². The Balaban J connectivity index is 0.00000208. The predicted octanol–water partition coefficient (Wildman–Crippen LogP) is 3.81. The summed E-state index contributed by atoms with van der Waals surface area (Å²) in [5.41, 5.74) is 4.31. The Hall–Kier alpha value is -1.15. The summed E-state index contributed by atoms with van der Waals surface area (Å²) in [5, 5.41) is 7.75. The van der Waals surface area contributed by atoms with Crippen LogP contribution in [0.1, 0.15) is 39.9 Å². The summed E-state index contributed by atoms with van der Waals surface area (Å²) in [7, 11) is 0. The molecule has 0 fully saturated rings. The van der Waals surface area contributed by atoms with Gasteiger partial charge in [0.05, 0.1) is 13.1 Å². The minimum atomic E-state index is 0. The van der Waals surface area contributed by atoms with Gasteiger partial charge in [-0.25, -0.2) is 9.98 Å². The minimum Gasteiger partial charge on any atom is -0.357 e. The number of aryl methyl sites for hydroxylation is 3. The molecule has 1 aromatic heterocycles. The van der Waals surface area contributed by atoms with Crippen LogP contribution in [0.3, 0.4) is 0 Å². The molecule has 130 valence electrons. The van der Waals surface area contributed by atoms with E-state index in [1.807, 2.05) is 6.20 Å². The second kappa shape index (κ2) is 9.36. The Morgan fingerprint density at radius 2 is 2.08 bits per heavy atom. The number of halogens is 1. The first-order chi connectivity index (χ1) is 11.2. The van der Waals surface area contributed by atoms with Gasteiger partial charge in [-0.1, -0.05) is 18.2 Å². The number of thiazole rings is 1. The smallest absolute Gasteiger partial charge is 0.191 e. The maximum atomic E-state index is 4.70. The van der Waals surface area contributed by atoms with Gasteiger partial charge < -0.3 is 10.6 Å². The van der Waals surface area contributed by atoms with Crippen LogP contribution in [0.2, 0.25) is 0 Å². The molecule has 6 heteroatoms. The molecule has 3 rings (SSSR count). The van der Waals surface area contributed by atoms with Crippen LogP contribution >= 0.6 is 35.3 Å². The molecule has 0 amide bonds. The third-order valence-corrected chi connectivity index (χ3v) is 4.92. The van der Waals surface area contributed by atoms with Gasteiger partial charge in [-0.2, -0.15) is 0 Å². The molecule has 24 heavy (non-hydrogen) atoms. The summed E-state index contributed by atoms with van der Waals surface area (Å²) in [6, 6.07) is 6.80. The quantitative estimate of drug-likeness (QED) is 0.409. The summed E-state index contributed by atoms with van der Waals surface area (Å²) in [5.74, 6) is 0.848. The monoisotopic (exact) mass is 456 g/mol. The zero-order chi connectivity index (χ0) is 16.1. The second-order valence-corrected chi connectivity index (χ2v) is 7.19. The molecule has 1 aliphatic carbocycles. The molecule has 0 saturated heterocycles. The van der Waals surface area contributed by atoms with Crippen molar-refractivity contribution in [2.24, 2.45) is 4.99 Å². The van der Waals surface area contributed by atoms with E-state index in [1.54, 1.807) is 11.3 Å². The first-order valence-corrected chi connectivity index (χ1v) is 9.10. The molecule has 0 bridgehead atoms. The Morgan fingerprint density at radius 3 is 2.83 bits per heavy atom. The van der Waals surface area contributed by atoms with Crippen LogP contribution in [0.15, 0.2) is 29.4 Å². The molecule has 1 heterocycles. The van der Waals surface area contributed by atoms with E-state index >= 15 is 0 Å². The Morgan fingerprint density at radius 1 is 1.25 bits per heavy atom. The first-order valence-electron chi connectivity index (χ1n) is 8.29. The Labute approximate surface area is 165 Å². The topological polar surface area (TPSA) is 49.3 Å². The van der Waals surface area contributed by atoms with Crippen molar-refractivity contribution in [3.8, 4) is 0 Å². The van der Waals surface area contributed by atoms with Crippen molar-refractivity contribution in [1.29, 1.82) is 0 Å². The van der Waals surface area contributed by atoms with Crippen LogP contribution in [0.4, 0.5) is 0 Å². The van der Waals surface area contributed by atoms with Crippen LogP contribution < -0.4 is 10.6 Å². The number of hydrogen-bond donors (Lipinski definition) is 2. The number of nitrogens with zero attached hydrogens (tertiary/aromatic N) is 2. The van der Waals surface area contributed by atoms with E-state index in [9.17, 15) is 0 Å². The number of aromatic nitrogens is 1. The molecule has 2 N–H and O–H groups in total. The van der Waals surface area contributed by atoms with Gasteiger partial charge in [0.1, 0.15) is 5.01 Å². The van der Waals surface area contributed by atoms with E-state index < -0.39 is 0 Å². The Bertz CT molecular complexity index is 696. The number of aliphatic imine (C=N–C) groups is 1. The zero-order valence-electron chi connectivity index (χ0n) is 14.3. The molecule has 1 aromatic carbocycles. The maximum absolute atomic E-state index is 4.70. The molecule has 0 spiro atoms. The molecular weight excluding hydrogens is 431 g/mol. The third-order valence-electron chi connectivity index (χ3n) is 4.00. The van der Waals surface area contributed by atoms with Gasteiger partial charge in [0, 0.05) is 17.6 Å². The van der Waals surface area contributed by atoms with Gasteiger partial charge in [0.15, 0.2) is 5.96 Å². The molecule has 2 aromatic rings. The fraction of sp³-hybridized carbons (Fsp3) is 0.444. The number of benzene rings is 1. The normalized spacial score (nSPS) is 13.3. The molecule has 4 nitrogen and oxygen atoms in total. The van der Waals surface area contributed by atoms with Crippen molar-refractivity contribution in [3.63, 3.8) is 0 Å². The highest BCUT2D eigenvalue weighted by atomic mass is 127. The number of rotatable bonds is 5. The highest BCUT2D eigenvalue weighted by molar-refractivity contribution is 14.0. The largest absolute Gasteiger partial charge is 0.357 e. The number of nitrogens with one attached hydrogen (secondary N) is 2. The van der Waals surface area contributed by atoms with Crippen LogP contribution in [0.25, 0.3) is 0 Å². The highest BCUT2D eigenvalue weighted by Gasteiger charge is 2.10. The molecule has 1 aliphatic rings. The summed E-state index contributed by atoms with van der Waals surface area (Å²) in [6.07, 6.45) is 5.65. The van der Waals surface area contributed by atoms with Gasteiger partial charge in [0.25, 0.3) is 0 Å². The average molecular weight is 456 g/mol. The van der Waals surface area contributed by atoms with Crippen molar-refractivity contribution < 1.29 is 0 Å². The lowest BCUT2D eigenvalue weighted by molar-refractivity contribution is 0.811. The fourth-order valence-electron chi connectivity index (χ4n) is 2.88. The Kier molecular flexibility index (Phi) is 7.48. The maximum Gasteiger partial charge on any atom is 0.191 e. The van der Waals surface area contributed by atoms with Crippen molar-refractivity contribution in [2.75, 3.05) is 6.54 Å². The lowest BCUT2D eigenvalue weighted by Gasteiger charge is -2.10. The molecule has 0 aliphatic heterocycles. The number of guanidine groups is 1. The first kappa shape index (κ1) is 19.2. The zero-order valence-corrected chi connectivity index (χ0v) is 17.4. The van der Waals surface area contributed by atoms with Crippen molar-refractivity contribution >= 4 is 41.3 Å². The van der Waals surface area contributed by atoms with E-state index in [2.05, 4.69) is 47.7 Å². The lowest BCUT2D eigenvalue weighted by Crippen LogP contribution is -2.36. The minimum absolute atomic E-state index is 0. The van der Waals surface area contributed by atoms with Gasteiger partial charge >= 0.3 is 0 Å². The van der Waals surface area contributed by atoms with Crippen LogP contribution in [0.5, 0.6) is 0 Å². The van der Waals surface area contributed by atoms with Gasteiger partial charge in [-0.3, -0.25) is 0 Å². The summed E-state index contributed by atoms with van der Waals surface area (Å²) < 4.78 is 0. The van der Waals surface area contributed by atoms with Crippen molar-refractivity contribution in [2.45, 2.75) is 46.2 Å². The molecule has 0 atom stereocenters. The van der Waals surface area contributed by atoms with Crippen LogP contribution in [-0.4, -0.2) is 17.5 Å². The van der Waals surface area contributed by atoms with Gasteiger partial charge in [-0.05, 0) is 49.8 Å². The van der Waals surface area contributed by atoms with E-state index in [4.69, 9.17) is 4.99 Å². The van der Waals surface area contributed by atoms with Gasteiger partial charge in [-0.15, -0.1) is 35.3 Å². The van der Waals surface area contributed by atoms with E-state index in [0.717, 1.165) is 17.5 Å². The van der Waals surface area contributed by atoms with Crippen LogP contribution in [0, 0.1) is 6.92 Å². The second-order valence-electron chi connectivity index (χ2n) is 5.87. The van der Waals surface area contributed by atoms with Gasteiger partial charge in [0.2, 0.25) is 0 Å². The molecule has 0 radical (unpaired) electrons. The third kappa shape index (κ3) is 5.17. The predicted molar refractivity (Wildman–Crippen MR) is 112 cm³/mol. The standard InChI is InChI=1S/C18H24N4S.HI/c1-3-19-18(22-12-17-20-10-13(2)23-17)21-11-14-7-8-15-5-4-6-16(15)9-14;/h7-10H,3-6,11-12H2,1-2H3,(H2,19,21,22);1H. The number of hydrogen-bond acceptors (Lipinski definition) is 3.